The maximum absolute atomic E-state index is 4.86. The number of hydrogen-bond donors (Lipinski definition) is 1. The first kappa shape index (κ1) is 16.0. The Hall–Kier alpha value is -0.410. The lowest BCUT2D eigenvalue weighted by Crippen LogP contribution is -2.38. The molecule has 2 nitrogen and oxygen atoms in total. The van der Waals surface area contributed by atoms with Gasteiger partial charge in [-0.15, -0.1) is 11.3 Å². The maximum atomic E-state index is 4.86. The largest absolute Gasteiger partial charge is 0.316 e. The number of thiazole rings is 1. The quantitative estimate of drug-likeness (QED) is 0.890. The fourth-order valence-electron chi connectivity index (χ4n) is 3.29. The van der Waals surface area contributed by atoms with Crippen LogP contribution in [0.3, 0.4) is 0 Å². The van der Waals surface area contributed by atoms with Crippen LogP contribution in [0.2, 0.25) is 0 Å². The topological polar surface area (TPSA) is 24.9 Å². The van der Waals surface area contributed by atoms with Gasteiger partial charge in [0.15, 0.2) is 0 Å². The lowest BCUT2D eigenvalue weighted by molar-refractivity contribution is 0.227. The van der Waals surface area contributed by atoms with Crippen LogP contribution in [0, 0.1) is 11.8 Å². The van der Waals surface area contributed by atoms with E-state index in [0.717, 1.165) is 18.3 Å². The predicted octanol–water partition coefficient (Wildman–Crippen LogP) is 4.40. The van der Waals surface area contributed by atoms with E-state index in [2.05, 4.69) is 45.4 Å². The molecule has 20 heavy (non-hydrogen) atoms. The molecule has 0 amide bonds. The van der Waals surface area contributed by atoms with Crippen molar-refractivity contribution in [3.05, 3.63) is 16.1 Å². The standard InChI is InChI=1S/C17H30N2S/c1-12-7-6-8-13(9-12)14(18-5)10-16-19-15(11-20-16)17(2,3)4/h11-14,18H,6-10H2,1-5H3. The first-order valence-electron chi connectivity index (χ1n) is 8.02. The van der Waals surface area contributed by atoms with Gasteiger partial charge in [-0.1, -0.05) is 40.5 Å². The molecule has 0 radical (unpaired) electrons. The second-order valence-corrected chi connectivity index (χ2v) is 8.45. The molecule has 0 saturated heterocycles. The monoisotopic (exact) mass is 294 g/mol. The van der Waals surface area contributed by atoms with Crippen molar-refractivity contribution in [2.24, 2.45) is 11.8 Å². The van der Waals surface area contributed by atoms with Gasteiger partial charge >= 0.3 is 0 Å². The number of hydrogen-bond acceptors (Lipinski definition) is 3. The molecule has 0 spiro atoms. The van der Waals surface area contributed by atoms with E-state index in [9.17, 15) is 0 Å². The Morgan fingerprint density at radius 2 is 2.15 bits per heavy atom. The highest BCUT2D eigenvalue weighted by Gasteiger charge is 2.27. The van der Waals surface area contributed by atoms with Crippen LogP contribution in [-0.2, 0) is 11.8 Å². The minimum atomic E-state index is 0.170. The lowest BCUT2D eigenvalue weighted by Gasteiger charge is -2.32. The van der Waals surface area contributed by atoms with Crippen molar-refractivity contribution in [2.45, 2.75) is 71.3 Å². The zero-order valence-electron chi connectivity index (χ0n) is 13.7. The SMILES string of the molecule is CNC(Cc1nc(C(C)(C)C)cs1)C1CCCC(C)C1. The van der Waals surface area contributed by atoms with Crippen LogP contribution < -0.4 is 5.32 Å². The average Bonchev–Trinajstić information content (AvgIpc) is 2.84. The van der Waals surface area contributed by atoms with E-state index in [-0.39, 0.29) is 5.41 Å². The van der Waals surface area contributed by atoms with Crippen molar-refractivity contribution in [1.82, 2.24) is 10.3 Å². The molecular formula is C17H30N2S. The summed E-state index contributed by atoms with van der Waals surface area (Å²) in [6.07, 6.45) is 6.67. The molecule has 3 unspecified atom stereocenters. The highest BCUT2D eigenvalue weighted by atomic mass is 32.1. The number of nitrogens with one attached hydrogen (secondary N) is 1. The van der Waals surface area contributed by atoms with Crippen LogP contribution in [0.15, 0.2) is 5.38 Å². The summed E-state index contributed by atoms with van der Waals surface area (Å²) in [5.41, 5.74) is 1.41. The minimum absolute atomic E-state index is 0.170. The zero-order valence-corrected chi connectivity index (χ0v) is 14.5. The molecule has 1 heterocycles. The molecular weight excluding hydrogens is 264 g/mol. The number of aromatic nitrogens is 1. The van der Waals surface area contributed by atoms with E-state index >= 15 is 0 Å². The third-order valence-corrected chi connectivity index (χ3v) is 5.50. The number of likely N-dealkylation sites (N-methyl/N-ethyl adjacent to an activating group) is 1. The summed E-state index contributed by atoms with van der Waals surface area (Å²) in [5.74, 6) is 1.72. The molecule has 1 fully saturated rings. The normalized spacial score (nSPS) is 25.6. The van der Waals surface area contributed by atoms with Gasteiger partial charge in [0.25, 0.3) is 0 Å². The van der Waals surface area contributed by atoms with Gasteiger partial charge in [0.2, 0.25) is 0 Å². The summed E-state index contributed by atoms with van der Waals surface area (Å²) in [7, 11) is 2.11. The van der Waals surface area contributed by atoms with Crippen LogP contribution in [0.1, 0.15) is 64.1 Å². The zero-order chi connectivity index (χ0) is 14.8. The summed E-state index contributed by atoms with van der Waals surface area (Å²) in [4.78, 5) is 4.86. The Morgan fingerprint density at radius 3 is 2.70 bits per heavy atom. The van der Waals surface area contributed by atoms with E-state index in [1.54, 1.807) is 0 Å². The van der Waals surface area contributed by atoms with Gasteiger partial charge < -0.3 is 5.32 Å². The van der Waals surface area contributed by atoms with Gasteiger partial charge in [-0.05, 0) is 31.7 Å². The maximum Gasteiger partial charge on any atom is 0.0944 e. The second-order valence-electron chi connectivity index (χ2n) is 7.51. The van der Waals surface area contributed by atoms with Gasteiger partial charge in [0.05, 0.1) is 10.7 Å². The fraction of sp³-hybridized carbons (Fsp3) is 0.824. The van der Waals surface area contributed by atoms with Crippen LogP contribution in [0.5, 0.6) is 0 Å². The summed E-state index contributed by atoms with van der Waals surface area (Å²) >= 11 is 1.83. The molecule has 1 aliphatic carbocycles. The Balaban J connectivity index is 2.01. The van der Waals surface area contributed by atoms with E-state index in [1.165, 1.54) is 36.4 Å². The van der Waals surface area contributed by atoms with E-state index in [1.807, 2.05) is 11.3 Å². The van der Waals surface area contributed by atoms with Gasteiger partial charge in [0, 0.05) is 23.3 Å². The Bertz CT molecular complexity index is 419. The molecule has 3 atom stereocenters. The molecule has 3 heteroatoms. The molecule has 2 rings (SSSR count). The smallest absolute Gasteiger partial charge is 0.0944 e. The highest BCUT2D eigenvalue weighted by Crippen LogP contribution is 2.32. The summed E-state index contributed by atoms with van der Waals surface area (Å²) < 4.78 is 0. The average molecular weight is 295 g/mol. The molecule has 1 N–H and O–H groups in total. The van der Waals surface area contributed by atoms with Crippen molar-refractivity contribution >= 4 is 11.3 Å². The lowest BCUT2D eigenvalue weighted by atomic mass is 9.78. The van der Waals surface area contributed by atoms with E-state index < -0.39 is 0 Å². The summed E-state index contributed by atoms with van der Waals surface area (Å²) in [6.45, 7) is 9.12. The number of rotatable bonds is 4. The molecule has 114 valence electrons. The van der Waals surface area contributed by atoms with Crippen LogP contribution in [0.25, 0.3) is 0 Å². The Labute approximate surface area is 128 Å². The van der Waals surface area contributed by atoms with Gasteiger partial charge in [-0.3, -0.25) is 0 Å². The van der Waals surface area contributed by atoms with Gasteiger partial charge in [-0.25, -0.2) is 4.98 Å². The second kappa shape index (κ2) is 6.57. The molecule has 1 aromatic rings. The van der Waals surface area contributed by atoms with Crippen LogP contribution >= 0.6 is 11.3 Å². The van der Waals surface area contributed by atoms with Crippen LogP contribution in [0.4, 0.5) is 0 Å². The van der Waals surface area contributed by atoms with Gasteiger partial charge in [0.1, 0.15) is 0 Å². The van der Waals surface area contributed by atoms with Crippen molar-refractivity contribution in [3.63, 3.8) is 0 Å². The Kier molecular flexibility index (Phi) is 5.25. The van der Waals surface area contributed by atoms with Crippen molar-refractivity contribution in [3.8, 4) is 0 Å². The van der Waals surface area contributed by atoms with Crippen molar-refractivity contribution in [1.29, 1.82) is 0 Å². The first-order valence-corrected chi connectivity index (χ1v) is 8.90. The molecule has 1 aromatic heterocycles. The molecule has 0 aliphatic heterocycles. The van der Waals surface area contributed by atoms with Crippen LogP contribution in [-0.4, -0.2) is 18.1 Å². The van der Waals surface area contributed by atoms with Crippen molar-refractivity contribution < 1.29 is 0 Å². The molecule has 0 aromatic carbocycles. The summed E-state index contributed by atoms with van der Waals surface area (Å²) in [6, 6.07) is 0.594. The minimum Gasteiger partial charge on any atom is -0.316 e. The van der Waals surface area contributed by atoms with E-state index in [0.29, 0.717) is 6.04 Å². The van der Waals surface area contributed by atoms with Gasteiger partial charge in [-0.2, -0.15) is 0 Å². The fourth-order valence-corrected chi connectivity index (χ4v) is 4.37. The Morgan fingerprint density at radius 1 is 1.40 bits per heavy atom. The molecule has 1 aliphatic rings. The summed E-state index contributed by atoms with van der Waals surface area (Å²) in [5, 5.41) is 7.10. The predicted molar refractivity (Wildman–Crippen MR) is 88.5 cm³/mol. The van der Waals surface area contributed by atoms with E-state index in [4.69, 9.17) is 4.98 Å². The first-order chi connectivity index (χ1) is 9.40. The van der Waals surface area contributed by atoms with Crippen molar-refractivity contribution in [2.75, 3.05) is 7.05 Å². The molecule has 0 bridgehead atoms. The highest BCUT2D eigenvalue weighted by molar-refractivity contribution is 7.09. The molecule has 1 saturated carbocycles. The third-order valence-electron chi connectivity index (χ3n) is 4.63. The number of nitrogens with zero attached hydrogens (tertiary/aromatic N) is 1. The third kappa shape index (κ3) is 4.05.